The Morgan fingerprint density at radius 1 is 0.159 bits per heavy atom. The largest absolute Gasteiger partial charge is 0.456 e. The van der Waals surface area contributed by atoms with Crippen LogP contribution in [0.3, 0.4) is 0 Å². The molecule has 138 heavy (non-hydrogen) atoms. The zero-order valence-electron chi connectivity index (χ0n) is 80.7. The molecule has 0 saturated carbocycles. The molecule has 0 fully saturated rings. The fraction of sp³-hybridized carbons (Fsp3) is 0.161. The van der Waals surface area contributed by atoms with Gasteiger partial charge in [-0.2, -0.15) is 0 Å². The zero-order chi connectivity index (χ0) is 95.9. The summed E-state index contributed by atoms with van der Waals surface area (Å²) in [7, 11) is 0. The molecule has 0 N–H and O–H groups in total. The summed E-state index contributed by atoms with van der Waals surface area (Å²) in [6.45, 7) is 32.1. The second-order valence-electron chi connectivity index (χ2n) is 39.7. The maximum Gasteiger partial charge on any atom is 0.164 e. The van der Waals surface area contributed by atoms with Crippen molar-refractivity contribution in [2.45, 2.75) is 131 Å². The molecule has 0 amide bonds. The Balaban J connectivity index is 0.000000116. The Morgan fingerprint density at radius 3 is 0.877 bits per heavy atom. The smallest absolute Gasteiger partial charge is 0.164 e. The van der Waals surface area contributed by atoms with Crippen molar-refractivity contribution in [3.8, 4) is 124 Å². The quantitative estimate of drug-likeness (QED) is 0.119. The van der Waals surface area contributed by atoms with Crippen LogP contribution < -0.4 is 0 Å². The van der Waals surface area contributed by atoms with E-state index in [-0.39, 0.29) is 27.1 Å². The lowest BCUT2D eigenvalue weighted by atomic mass is 9.94. The van der Waals surface area contributed by atoms with E-state index in [2.05, 4.69) is 328 Å². The van der Waals surface area contributed by atoms with Gasteiger partial charge in [0.15, 0.2) is 23.3 Å². The van der Waals surface area contributed by atoms with Crippen LogP contribution in [0.4, 0.5) is 0 Å². The normalized spacial score (nSPS) is 11.7. The Kier molecular flexibility index (Phi) is 26.3. The van der Waals surface area contributed by atoms with Crippen molar-refractivity contribution in [3.63, 3.8) is 0 Å². The van der Waals surface area contributed by atoms with Gasteiger partial charge in [-0.05, 0) is 87.3 Å². The van der Waals surface area contributed by atoms with Gasteiger partial charge in [0.25, 0.3) is 0 Å². The van der Waals surface area contributed by atoms with E-state index in [1.165, 1.54) is 27.1 Å². The highest BCUT2D eigenvalue weighted by molar-refractivity contribution is 6.13. The number of aromatic nitrogens is 12. The number of para-hydroxylation sites is 2. The first kappa shape index (κ1) is 92.1. The molecule has 15 aromatic carbocycles. The Bertz CT molecular complexity index is 7870. The highest BCUT2D eigenvalue weighted by Crippen LogP contribution is 2.42. The van der Waals surface area contributed by atoms with Gasteiger partial charge in [0.2, 0.25) is 0 Å². The van der Waals surface area contributed by atoms with E-state index in [0.717, 1.165) is 168 Å². The number of hydrogen-bond donors (Lipinski definition) is 0. The highest BCUT2D eigenvalue weighted by Gasteiger charge is 2.29. The van der Waals surface area contributed by atoms with Gasteiger partial charge in [0, 0.05) is 104 Å². The third-order valence-electron chi connectivity index (χ3n) is 23.7. The molecule has 0 radical (unpaired) electrons. The zero-order valence-corrected chi connectivity index (χ0v) is 80.7. The van der Waals surface area contributed by atoms with Crippen LogP contribution in [-0.2, 0) is 27.1 Å². The summed E-state index contributed by atoms with van der Waals surface area (Å²) in [5.41, 5.74) is 21.3. The predicted molar refractivity (Wildman–Crippen MR) is 569 cm³/mol. The van der Waals surface area contributed by atoms with Crippen LogP contribution in [0.1, 0.15) is 133 Å². The highest BCUT2D eigenvalue weighted by atomic mass is 16.3. The number of benzene rings is 15. The van der Waals surface area contributed by atoms with Gasteiger partial charge in [0.1, 0.15) is 51.5 Å². The second-order valence-corrected chi connectivity index (χ2v) is 39.7. The average molecular weight is 1800 g/mol. The van der Waals surface area contributed by atoms with Crippen molar-refractivity contribution in [1.82, 2.24) is 59.8 Å². The molecule has 22 aromatic rings. The Morgan fingerprint density at radius 2 is 0.442 bits per heavy atom. The summed E-state index contributed by atoms with van der Waals surface area (Å²) in [6.07, 6.45) is 0. The van der Waals surface area contributed by atoms with Gasteiger partial charge in [-0.25, -0.2) is 59.8 Å². The van der Waals surface area contributed by atoms with Crippen LogP contribution in [0, 0.1) is 0 Å². The van der Waals surface area contributed by atoms with E-state index in [1.54, 1.807) is 0 Å². The molecular weight excluding hydrogens is 1690 g/mol. The summed E-state index contributed by atoms with van der Waals surface area (Å²) < 4.78 is 12.3. The van der Waals surface area contributed by atoms with Gasteiger partial charge in [-0.15, -0.1) is 0 Å². The molecule has 0 aliphatic heterocycles. The molecule has 7 aromatic heterocycles. The summed E-state index contributed by atoms with van der Waals surface area (Å²) in [5.74, 6) is 6.80. The maximum atomic E-state index is 6.14. The minimum absolute atomic E-state index is 0.0890. The van der Waals surface area contributed by atoms with E-state index in [1.807, 2.05) is 170 Å². The Hall–Kier alpha value is -16.3. The first-order valence-electron chi connectivity index (χ1n) is 47.0. The first-order chi connectivity index (χ1) is 66.5. The lowest BCUT2D eigenvalue weighted by Gasteiger charge is -2.19. The van der Waals surface area contributed by atoms with Crippen LogP contribution in [0.5, 0.6) is 0 Å². The van der Waals surface area contributed by atoms with E-state index in [4.69, 9.17) is 68.6 Å². The SMILES string of the molecule is CC(C)(C)c1nc(-c2cccc3oc4ccccc4c23)nc(-c2cccc3oc4ccccc4c23)n1.CC(C)(C)c1nc(-c2ccccc2)cc(-c2ccc3ccccc3c2)n1.CC(C)(C)c1nc(-c2ccccc2)cc(-c2cccc3ccccc23)n1.CC(C)(C)c1nc(-c2ccccc2)cc(-c2ccccc2)n1.CC(C)(C)c1nc(-c2ccccc2)nc(-c2cccc(-c3ccccc3)c2)n1. The fourth-order valence-electron chi connectivity index (χ4n) is 16.4. The van der Waals surface area contributed by atoms with Crippen molar-refractivity contribution >= 4 is 65.4 Å². The monoisotopic (exact) mass is 1800 g/mol. The van der Waals surface area contributed by atoms with Crippen LogP contribution in [0.15, 0.2) is 403 Å². The third-order valence-corrected chi connectivity index (χ3v) is 23.7. The van der Waals surface area contributed by atoms with E-state index in [0.29, 0.717) is 23.3 Å². The fourth-order valence-corrected chi connectivity index (χ4v) is 16.4. The number of nitrogens with zero attached hydrogens (tertiary/aromatic N) is 12. The van der Waals surface area contributed by atoms with Gasteiger partial charge in [-0.1, -0.05) is 444 Å². The van der Waals surface area contributed by atoms with Gasteiger partial charge in [-0.3, -0.25) is 0 Å². The maximum absolute atomic E-state index is 6.14. The summed E-state index contributed by atoms with van der Waals surface area (Å²) >= 11 is 0. The number of furan rings is 2. The van der Waals surface area contributed by atoms with Crippen molar-refractivity contribution in [3.05, 3.63) is 423 Å². The summed E-state index contributed by atoms with van der Waals surface area (Å²) in [6, 6.07) is 134. The van der Waals surface area contributed by atoms with Crippen LogP contribution >= 0.6 is 0 Å². The van der Waals surface area contributed by atoms with Crippen LogP contribution in [0.2, 0.25) is 0 Å². The molecule has 0 bridgehead atoms. The van der Waals surface area contributed by atoms with Gasteiger partial charge >= 0.3 is 0 Å². The summed E-state index contributed by atoms with van der Waals surface area (Å²) in [5, 5.41) is 9.02. The molecule has 22 rings (SSSR count). The molecule has 14 nitrogen and oxygen atoms in total. The van der Waals surface area contributed by atoms with Crippen molar-refractivity contribution in [1.29, 1.82) is 0 Å². The number of hydrogen-bond acceptors (Lipinski definition) is 14. The number of fused-ring (bicyclic) bond motifs is 8. The van der Waals surface area contributed by atoms with E-state index >= 15 is 0 Å². The molecule has 678 valence electrons. The molecular formula is C124H110N12O2. The predicted octanol–water partition coefficient (Wildman–Crippen LogP) is 32.1. The minimum atomic E-state index is -0.273. The second kappa shape index (κ2) is 39.3. The molecule has 0 aliphatic carbocycles. The first-order valence-corrected chi connectivity index (χ1v) is 47.0. The van der Waals surface area contributed by atoms with E-state index < -0.39 is 0 Å². The van der Waals surface area contributed by atoms with E-state index in [9.17, 15) is 0 Å². The number of rotatable bonds is 11. The molecule has 0 spiro atoms. The van der Waals surface area contributed by atoms with Crippen molar-refractivity contribution in [2.75, 3.05) is 0 Å². The molecule has 0 aliphatic rings. The van der Waals surface area contributed by atoms with Gasteiger partial charge in [0.05, 0.1) is 34.2 Å². The van der Waals surface area contributed by atoms with Crippen LogP contribution in [0.25, 0.3) is 190 Å². The molecule has 0 atom stereocenters. The minimum Gasteiger partial charge on any atom is -0.456 e. The Labute approximate surface area is 807 Å². The average Bonchev–Trinajstić information content (AvgIpc) is 1.57. The topological polar surface area (TPSA) is 181 Å². The van der Waals surface area contributed by atoms with Crippen molar-refractivity contribution < 1.29 is 8.83 Å². The molecule has 0 unspecified atom stereocenters. The van der Waals surface area contributed by atoms with Crippen molar-refractivity contribution in [2.24, 2.45) is 0 Å². The molecule has 0 saturated heterocycles. The van der Waals surface area contributed by atoms with Gasteiger partial charge < -0.3 is 8.83 Å². The molecule has 7 heterocycles. The van der Waals surface area contributed by atoms with Crippen LogP contribution in [-0.4, -0.2) is 59.8 Å². The lowest BCUT2D eigenvalue weighted by molar-refractivity contribution is 0.543. The molecule has 14 heteroatoms. The lowest BCUT2D eigenvalue weighted by Crippen LogP contribution is -2.18. The standard InChI is InChI=1S/C31H23N3O2.C25H23N3.2C24H22N2.C20H20N2/c1-31(2,3)30-33-28(20-12-8-16-24-26(20)18-10-4-6-14-22(18)35-24)32-29(34-30)21-13-9-17-25-27(21)19-11-5-7-15-23(19)36-25;1-25(2,3)24-27-22(19-13-8-5-9-14-19)26-23(28-24)21-16-10-15-20(17-21)18-11-6-4-7-12-18;1-24(2,3)23-25-21(18-11-5-4-6-12-18)16-22(26-23)20-15-9-13-17-10-7-8-14-19(17)20;1-24(2,3)23-25-21(18-10-5-4-6-11-18)16-22(26-23)20-14-13-17-9-7-8-12-19(17)15-20;1-20(2,3)19-21-17(15-10-6-4-7-11-15)14-18(22-19)16-12-8-5-9-13-16/h4-17H,1-3H3;4-17H,1-3H3;2*4-16H,1-3H3;4-14H,1-3H3. The third kappa shape index (κ3) is 21.1. The summed E-state index contributed by atoms with van der Waals surface area (Å²) in [4.78, 5) is 58.5.